The molecule has 1 N–H and O–H groups in total. The molecule has 1 fully saturated rings. The van der Waals surface area contributed by atoms with Crippen LogP contribution in [0.5, 0.6) is 0 Å². The Kier molecular flexibility index (Phi) is 10.9. The van der Waals surface area contributed by atoms with Crippen molar-refractivity contribution < 1.29 is 9.53 Å². The second-order valence-corrected chi connectivity index (χ2v) is 9.83. The molecule has 0 spiro atoms. The molecule has 4 nitrogen and oxygen atoms in total. The van der Waals surface area contributed by atoms with Crippen molar-refractivity contribution in [2.24, 2.45) is 0 Å². The highest BCUT2D eigenvalue weighted by molar-refractivity contribution is 5.71. The first-order valence-corrected chi connectivity index (χ1v) is 11.3. The standard InChI is InChI=1S/C23H46N2O2/c1-7-8-9-10-11-12-13-14-15-16-25(19-21(26)27-6)20-17-22(2,3)24-23(4,5)18-20/h20,24H,7-19H2,1-6H3. The van der Waals surface area contributed by atoms with Crippen molar-refractivity contribution in [2.45, 2.75) is 122 Å². The highest BCUT2D eigenvalue weighted by atomic mass is 16.5. The van der Waals surface area contributed by atoms with Gasteiger partial charge in [-0.15, -0.1) is 0 Å². The molecule has 4 heteroatoms. The van der Waals surface area contributed by atoms with Crippen molar-refractivity contribution in [3.8, 4) is 0 Å². The number of hydrogen-bond donors (Lipinski definition) is 1. The van der Waals surface area contributed by atoms with E-state index in [0.717, 1.165) is 19.4 Å². The van der Waals surface area contributed by atoms with E-state index >= 15 is 0 Å². The maximum Gasteiger partial charge on any atom is 0.319 e. The molecular formula is C23H46N2O2. The van der Waals surface area contributed by atoms with Gasteiger partial charge >= 0.3 is 5.97 Å². The maximum absolute atomic E-state index is 12.0. The smallest absolute Gasteiger partial charge is 0.319 e. The average molecular weight is 383 g/mol. The highest BCUT2D eigenvalue weighted by Gasteiger charge is 2.40. The fourth-order valence-corrected chi connectivity index (χ4v) is 4.77. The van der Waals surface area contributed by atoms with Gasteiger partial charge in [0.25, 0.3) is 0 Å². The third-order valence-electron chi connectivity index (χ3n) is 5.79. The Morgan fingerprint density at radius 1 is 0.926 bits per heavy atom. The number of carbonyl (C=O) groups is 1. The molecular weight excluding hydrogens is 336 g/mol. The summed E-state index contributed by atoms with van der Waals surface area (Å²) in [5.74, 6) is -0.111. The molecule has 0 aromatic carbocycles. The molecule has 1 heterocycles. The van der Waals surface area contributed by atoms with Crippen molar-refractivity contribution in [1.82, 2.24) is 10.2 Å². The van der Waals surface area contributed by atoms with Crippen molar-refractivity contribution in [2.75, 3.05) is 20.2 Å². The topological polar surface area (TPSA) is 41.6 Å². The van der Waals surface area contributed by atoms with Crippen LogP contribution in [-0.2, 0) is 9.53 Å². The predicted molar refractivity (Wildman–Crippen MR) is 115 cm³/mol. The second-order valence-electron chi connectivity index (χ2n) is 9.83. The minimum atomic E-state index is -0.111. The van der Waals surface area contributed by atoms with Crippen LogP contribution in [0.2, 0.25) is 0 Å². The van der Waals surface area contributed by atoms with Gasteiger partial charge in [-0.3, -0.25) is 9.69 Å². The van der Waals surface area contributed by atoms with Crippen LogP contribution in [0.4, 0.5) is 0 Å². The monoisotopic (exact) mass is 382 g/mol. The van der Waals surface area contributed by atoms with Gasteiger partial charge in [-0.05, 0) is 53.5 Å². The molecule has 0 atom stereocenters. The average Bonchev–Trinajstić information content (AvgIpc) is 2.56. The van der Waals surface area contributed by atoms with E-state index in [4.69, 9.17) is 4.74 Å². The number of methoxy groups -OCH3 is 1. The van der Waals surface area contributed by atoms with Crippen LogP contribution >= 0.6 is 0 Å². The first-order chi connectivity index (χ1) is 12.7. The van der Waals surface area contributed by atoms with Crippen molar-refractivity contribution >= 4 is 5.97 Å². The van der Waals surface area contributed by atoms with Crippen molar-refractivity contribution in [3.63, 3.8) is 0 Å². The van der Waals surface area contributed by atoms with E-state index in [9.17, 15) is 4.79 Å². The third kappa shape index (κ3) is 10.5. The molecule has 0 aromatic heterocycles. The number of hydrogen-bond acceptors (Lipinski definition) is 4. The van der Waals surface area contributed by atoms with Crippen LogP contribution < -0.4 is 5.32 Å². The lowest BCUT2D eigenvalue weighted by Gasteiger charge is -2.49. The molecule has 0 saturated carbocycles. The minimum Gasteiger partial charge on any atom is -0.468 e. The summed E-state index contributed by atoms with van der Waals surface area (Å²) in [5, 5.41) is 3.75. The highest BCUT2D eigenvalue weighted by Crippen LogP contribution is 2.31. The molecule has 0 aromatic rings. The van der Waals surface area contributed by atoms with Crippen molar-refractivity contribution in [3.05, 3.63) is 0 Å². The van der Waals surface area contributed by atoms with E-state index in [1.165, 1.54) is 64.9 Å². The summed E-state index contributed by atoms with van der Waals surface area (Å²) in [6.45, 7) is 12.8. The van der Waals surface area contributed by atoms with Crippen LogP contribution in [0.25, 0.3) is 0 Å². The molecule has 1 aliphatic rings. The lowest BCUT2D eigenvalue weighted by molar-refractivity contribution is -0.143. The maximum atomic E-state index is 12.0. The molecule has 0 unspecified atom stereocenters. The van der Waals surface area contributed by atoms with E-state index < -0.39 is 0 Å². The van der Waals surface area contributed by atoms with Gasteiger partial charge in [0.15, 0.2) is 0 Å². The molecule has 1 saturated heterocycles. The zero-order valence-corrected chi connectivity index (χ0v) is 19.0. The van der Waals surface area contributed by atoms with Gasteiger partial charge in [0.2, 0.25) is 0 Å². The second kappa shape index (κ2) is 12.1. The number of piperidine rings is 1. The van der Waals surface area contributed by atoms with Gasteiger partial charge in [-0.25, -0.2) is 0 Å². The first-order valence-electron chi connectivity index (χ1n) is 11.3. The van der Waals surface area contributed by atoms with E-state index in [2.05, 4.69) is 44.8 Å². The number of ether oxygens (including phenoxy) is 1. The fourth-order valence-electron chi connectivity index (χ4n) is 4.77. The molecule has 0 bridgehead atoms. The zero-order valence-electron chi connectivity index (χ0n) is 19.0. The number of unbranched alkanes of at least 4 members (excludes halogenated alkanes) is 8. The Morgan fingerprint density at radius 3 is 1.89 bits per heavy atom. The normalized spacial score (nSPS) is 19.4. The predicted octanol–water partition coefficient (Wildman–Crippen LogP) is 5.30. The first kappa shape index (κ1) is 24.4. The lowest BCUT2D eigenvalue weighted by Crippen LogP contribution is -2.62. The SMILES string of the molecule is CCCCCCCCCCCN(CC(=O)OC)C1CC(C)(C)NC(C)(C)C1. The summed E-state index contributed by atoms with van der Waals surface area (Å²) >= 11 is 0. The van der Waals surface area contributed by atoms with Crippen LogP contribution in [0.3, 0.4) is 0 Å². The zero-order chi connectivity index (χ0) is 20.3. The molecule has 0 aliphatic carbocycles. The Hall–Kier alpha value is -0.610. The van der Waals surface area contributed by atoms with Gasteiger partial charge in [0.1, 0.15) is 0 Å². The van der Waals surface area contributed by atoms with Crippen LogP contribution in [0.1, 0.15) is 105 Å². The molecule has 1 rings (SSSR count). The summed E-state index contributed by atoms with van der Waals surface area (Å²) in [5.41, 5.74) is 0.193. The Bertz CT molecular complexity index is 405. The Labute approximate surface area is 168 Å². The number of nitrogens with one attached hydrogen (secondary N) is 1. The summed E-state index contributed by atoms with van der Waals surface area (Å²) in [6.07, 6.45) is 14.1. The van der Waals surface area contributed by atoms with Crippen LogP contribution in [0.15, 0.2) is 0 Å². The number of nitrogens with zero attached hydrogens (tertiary/aromatic N) is 1. The Morgan fingerprint density at radius 2 is 1.41 bits per heavy atom. The third-order valence-corrected chi connectivity index (χ3v) is 5.79. The summed E-state index contributed by atoms with van der Waals surface area (Å²) in [7, 11) is 1.50. The largest absolute Gasteiger partial charge is 0.468 e. The van der Waals surface area contributed by atoms with Crippen molar-refractivity contribution in [1.29, 1.82) is 0 Å². The van der Waals surface area contributed by atoms with Crippen LogP contribution in [0, 0.1) is 0 Å². The van der Waals surface area contributed by atoms with Gasteiger partial charge in [-0.2, -0.15) is 0 Å². The van der Waals surface area contributed by atoms with Gasteiger partial charge < -0.3 is 10.1 Å². The summed E-state index contributed by atoms with van der Waals surface area (Å²) in [4.78, 5) is 14.4. The quantitative estimate of drug-likeness (QED) is 0.346. The molecule has 160 valence electrons. The van der Waals surface area contributed by atoms with Gasteiger partial charge in [0.05, 0.1) is 13.7 Å². The summed E-state index contributed by atoms with van der Waals surface area (Å²) < 4.78 is 4.97. The van der Waals surface area contributed by atoms with E-state index in [-0.39, 0.29) is 17.0 Å². The molecule has 0 radical (unpaired) electrons. The number of esters is 1. The van der Waals surface area contributed by atoms with Gasteiger partial charge in [-0.1, -0.05) is 58.3 Å². The molecule has 0 amide bonds. The van der Waals surface area contributed by atoms with E-state index in [0.29, 0.717) is 12.6 Å². The molecule has 27 heavy (non-hydrogen) atoms. The lowest BCUT2D eigenvalue weighted by atomic mass is 9.79. The molecule has 1 aliphatic heterocycles. The van der Waals surface area contributed by atoms with Gasteiger partial charge in [0, 0.05) is 17.1 Å². The summed E-state index contributed by atoms with van der Waals surface area (Å²) in [6, 6.07) is 0.435. The van der Waals surface area contributed by atoms with E-state index in [1.807, 2.05) is 0 Å². The number of carbonyl (C=O) groups excluding carboxylic acids is 1. The fraction of sp³-hybridized carbons (Fsp3) is 0.957. The minimum absolute atomic E-state index is 0.0965. The Balaban J connectivity index is 2.44. The van der Waals surface area contributed by atoms with Crippen LogP contribution in [-0.4, -0.2) is 48.2 Å². The van der Waals surface area contributed by atoms with E-state index in [1.54, 1.807) is 0 Å². The number of rotatable bonds is 13.